The van der Waals surface area contributed by atoms with Gasteiger partial charge in [0.25, 0.3) is 0 Å². The van der Waals surface area contributed by atoms with Crippen molar-refractivity contribution in [1.82, 2.24) is 0 Å². The Morgan fingerprint density at radius 2 is 0.654 bits per heavy atom. The first-order chi connectivity index (χ1) is 11.5. The van der Waals surface area contributed by atoms with Gasteiger partial charge in [-0.25, -0.2) is 0 Å². The van der Waals surface area contributed by atoms with Crippen LogP contribution in [0, 0.1) is 0 Å². The summed E-state index contributed by atoms with van der Waals surface area (Å²) in [6.07, 6.45) is 0. The first-order valence-electron chi connectivity index (χ1n) is 7.28. The van der Waals surface area contributed by atoms with Gasteiger partial charge in [-0.3, -0.25) is 9.59 Å². The molecule has 0 unspecified atom stereocenters. The van der Waals surface area contributed by atoms with Gasteiger partial charge in [0.15, 0.2) is 11.6 Å². The van der Waals surface area contributed by atoms with Crippen molar-refractivity contribution >= 4 is 11.6 Å². The molecule has 6 heteroatoms. The molecule has 3 rings (SSSR count). The summed E-state index contributed by atoms with van der Waals surface area (Å²) in [6.45, 7) is 0. The molecule has 0 fully saturated rings. The normalized spacial score (nSPS) is 9.54. The molecule has 3 aromatic rings. The summed E-state index contributed by atoms with van der Waals surface area (Å²) in [5.41, 5.74) is 1.69. The van der Waals surface area contributed by atoms with Crippen molar-refractivity contribution in [2.24, 2.45) is 0 Å². The molecule has 0 aliphatic carbocycles. The van der Waals surface area contributed by atoms with Crippen LogP contribution in [0.5, 0.6) is 11.5 Å². The first-order valence-corrected chi connectivity index (χ1v) is 7.28. The maximum atomic E-state index is 12.3. The Morgan fingerprint density at radius 1 is 0.462 bits per heavy atom. The number of carbonyl (C=O) groups excluding carboxylic acids is 2. The van der Waals surface area contributed by atoms with Crippen LogP contribution in [-0.2, 0) is 0 Å². The summed E-state index contributed by atoms with van der Waals surface area (Å²) in [7, 11) is 0. The predicted octanol–water partition coefficient (Wildman–Crippen LogP) is -3.70. The van der Waals surface area contributed by atoms with Gasteiger partial charge in [0.1, 0.15) is 0 Å². The SMILES string of the molecule is O=C(c1ccc([O-])cc1)c1ccc(C(=O)c2ccc([O-])cc2)cc1.[K+].[K+]. The van der Waals surface area contributed by atoms with Gasteiger partial charge in [0, 0.05) is 22.3 Å². The van der Waals surface area contributed by atoms with Gasteiger partial charge < -0.3 is 10.2 Å². The monoisotopic (exact) mass is 394 g/mol. The second kappa shape index (κ2) is 11.0. The number of hydrogen-bond donors (Lipinski definition) is 0. The number of hydrogen-bond acceptors (Lipinski definition) is 4. The molecule has 0 N–H and O–H groups in total. The van der Waals surface area contributed by atoms with Crippen LogP contribution >= 0.6 is 0 Å². The minimum atomic E-state index is -0.218. The van der Waals surface area contributed by atoms with E-state index in [1.54, 1.807) is 24.3 Å². The van der Waals surface area contributed by atoms with Crippen molar-refractivity contribution in [3.8, 4) is 11.5 Å². The Balaban J connectivity index is 0.00000169. The zero-order valence-corrected chi connectivity index (χ0v) is 20.8. The van der Waals surface area contributed by atoms with Crippen LogP contribution in [0.4, 0.5) is 0 Å². The topological polar surface area (TPSA) is 80.3 Å². The second-order valence-electron chi connectivity index (χ2n) is 5.28. The van der Waals surface area contributed by atoms with Crippen LogP contribution in [0.3, 0.4) is 0 Å². The Labute approximate surface area is 236 Å². The molecule has 4 nitrogen and oxygen atoms in total. The van der Waals surface area contributed by atoms with Crippen molar-refractivity contribution in [1.29, 1.82) is 0 Å². The molecule has 0 aromatic heterocycles. The maximum absolute atomic E-state index is 12.3. The summed E-state index contributed by atoms with van der Waals surface area (Å²) in [5, 5.41) is 22.2. The van der Waals surface area contributed by atoms with E-state index < -0.39 is 0 Å². The molecule has 0 saturated carbocycles. The van der Waals surface area contributed by atoms with Gasteiger partial charge in [0.05, 0.1) is 0 Å². The third kappa shape index (κ3) is 5.94. The van der Waals surface area contributed by atoms with Crippen molar-refractivity contribution in [2.75, 3.05) is 0 Å². The quantitative estimate of drug-likeness (QED) is 0.337. The van der Waals surface area contributed by atoms with Crippen LogP contribution in [-0.4, -0.2) is 11.6 Å². The molecule has 0 saturated heterocycles. The molecule has 118 valence electrons. The third-order valence-corrected chi connectivity index (χ3v) is 3.64. The van der Waals surface area contributed by atoms with E-state index in [0.717, 1.165) is 0 Å². The molecule has 0 spiro atoms. The van der Waals surface area contributed by atoms with Crippen LogP contribution in [0.1, 0.15) is 31.8 Å². The van der Waals surface area contributed by atoms with E-state index in [2.05, 4.69) is 0 Å². The van der Waals surface area contributed by atoms with Crippen LogP contribution in [0.2, 0.25) is 0 Å². The average Bonchev–Trinajstić information content (AvgIpc) is 2.62. The Bertz CT molecular complexity index is 810. The average molecular weight is 395 g/mol. The fraction of sp³-hybridized carbons (Fsp3) is 0. The Hall–Kier alpha value is -0.127. The molecule has 0 heterocycles. The largest absolute Gasteiger partial charge is 1.00 e. The van der Waals surface area contributed by atoms with Crippen LogP contribution in [0.15, 0.2) is 72.8 Å². The summed E-state index contributed by atoms with van der Waals surface area (Å²) >= 11 is 0. The van der Waals surface area contributed by atoms with E-state index in [1.165, 1.54) is 48.5 Å². The van der Waals surface area contributed by atoms with Crippen molar-refractivity contribution in [3.05, 3.63) is 95.1 Å². The molecule has 0 radical (unpaired) electrons. The molecule has 0 atom stereocenters. The number of ketones is 2. The number of benzene rings is 3. The summed E-state index contributed by atoms with van der Waals surface area (Å²) in [4.78, 5) is 24.6. The molecule has 0 aliphatic rings. The van der Waals surface area contributed by atoms with E-state index in [4.69, 9.17) is 0 Å². The molecule has 26 heavy (non-hydrogen) atoms. The van der Waals surface area contributed by atoms with Crippen molar-refractivity contribution in [3.63, 3.8) is 0 Å². The number of carbonyl (C=O) groups is 2. The van der Waals surface area contributed by atoms with Gasteiger partial charge in [-0.2, -0.15) is 0 Å². The standard InChI is InChI=1S/C20H14O4.2K/c21-17-9-5-15(6-10-17)19(23)13-1-2-14(4-3-13)20(24)16-7-11-18(22)12-8-16;;/h1-12,21-22H;;/q;2*+1/p-2. The van der Waals surface area contributed by atoms with Crippen LogP contribution in [0.25, 0.3) is 0 Å². The molecule has 0 bridgehead atoms. The van der Waals surface area contributed by atoms with Gasteiger partial charge in [-0.1, -0.05) is 72.8 Å². The van der Waals surface area contributed by atoms with E-state index in [1.807, 2.05) is 0 Å². The molecule has 3 aromatic carbocycles. The minimum Gasteiger partial charge on any atom is -0.872 e. The van der Waals surface area contributed by atoms with E-state index in [9.17, 15) is 19.8 Å². The number of rotatable bonds is 4. The first kappa shape index (κ1) is 23.9. The van der Waals surface area contributed by atoms with E-state index in [0.29, 0.717) is 22.3 Å². The summed E-state index contributed by atoms with van der Waals surface area (Å²) < 4.78 is 0. The van der Waals surface area contributed by atoms with Gasteiger partial charge in [-0.15, -0.1) is 11.5 Å². The van der Waals surface area contributed by atoms with Gasteiger partial charge >= 0.3 is 103 Å². The Kier molecular flexibility index (Phi) is 10.1. The van der Waals surface area contributed by atoms with Crippen molar-refractivity contribution < 1.29 is 123 Å². The molecular weight excluding hydrogens is 382 g/mol. The van der Waals surface area contributed by atoms with E-state index in [-0.39, 0.29) is 126 Å². The van der Waals surface area contributed by atoms with Gasteiger partial charge in [0.2, 0.25) is 0 Å². The van der Waals surface area contributed by atoms with Crippen LogP contribution < -0.4 is 113 Å². The Morgan fingerprint density at radius 3 is 0.885 bits per heavy atom. The molecular formula is C20H12K2O4. The van der Waals surface area contributed by atoms with Crippen molar-refractivity contribution in [2.45, 2.75) is 0 Å². The second-order valence-corrected chi connectivity index (χ2v) is 5.28. The third-order valence-electron chi connectivity index (χ3n) is 3.64. The summed E-state index contributed by atoms with van der Waals surface area (Å²) in [6, 6.07) is 17.6. The smallest absolute Gasteiger partial charge is 0.872 e. The zero-order chi connectivity index (χ0) is 17.1. The molecule has 0 amide bonds. The predicted molar refractivity (Wildman–Crippen MR) is 85.1 cm³/mol. The molecule has 0 aliphatic heterocycles. The summed E-state index contributed by atoms with van der Waals surface area (Å²) in [5.74, 6) is -0.748. The van der Waals surface area contributed by atoms with Gasteiger partial charge in [-0.05, 0) is 0 Å². The fourth-order valence-electron chi connectivity index (χ4n) is 2.32. The maximum Gasteiger partial charge on any atom is 1.00 e. The zero-order valence-electron chi connectivity index (χ0n) is 14.6. The minimum absolute atomic E-state index is 0. The van der Waals surface area contributed by atoms with E-state index >= 15 is 0 Å². The fourth-order valence-corrected chi connectivity index (χ4v) is 2.32.